The van der Waals surface area contributed by atoms with Gasteiger partial charge in [0.05, 0.1) is 18.1 Å². The van der Waals surface area contributed by atoms with E-state index in [1.54, 1.807) is 0 Å². The van der Waals surface area contributed by atoms with Crippen molar-refractivity contribution in [1.29, 1.82) is 0 Å². The number of β-amino-alcohol motifs (C(OH)–C–C–N with tert-alkyl or cyclic N) is 1. The summed E-state index contributed by atoms with van der Waals surface area (Å²) < 4.78 is 0. The third-order valence-electron chi connectivity index (χ3n) is 9.60. The molecular formula is C31H56N4O5. The molecule has 3 heterocycles. The summed E-state index contributed by atoms with van der Waals surface area (Å²) in [5.41, 5.74) is -1.55. The van der Waals surface area contributed by atoms with Crippen LogP contribution in [-0.4, -0.2) is 95.1 Å². The number of fused-ring (bicyclic) bond motifs is 2. The fourth-order valence-corrected chi connectivity index (χ4v) is 7.02. The van der Waals surface area contributed by atoms with Gasteiger partial charge in [0, 0.05) is 49.2 Å². The molecule has 2 fully saturated rings. The van der Waals surface area contributed by atoms with Crippen LogP contribution in [0.15, 0.2) is 0 Å². The number of aliphatic carboxylic acids is 1. The first-order chi connectivity index (χ1) is 19.0. The summed E-state index contributed by atoms with van der Waals surface area (Å²) in [6.07, 6.45) is 8.48. The molecule has 0 aromatic carbocycles. The van der Waals surface area contributed by atoms with E-state index in [0.29, 0.717) is 24.8 Å². The second kappa shape index (κ2) is 15.8. The second-order valence-corrected chi connectivity index (χ2v) is 13.4. The monoisotopic (exact) mass is 564 g/mol. The minimum atomic E-state index is -1.36. The van der Waals surface area contributed by atoms with Gasteiger partial charge in [0.2, 0.25) is 0 Å². The van der Waals surface area contributed by atoms with Gasteiger partial charge in [-0.2, -0.15) is 0 Å². The van der Waals surface area contributed by atoms with Crippen LogP contribution in [0.2, 0.25) is 0 Å². The van der Waals surface area contributed by atoms with Crippen molar-refractivity contribution in [2.75, 3.05) is 33.3 Å². The second-order valence-electron chi connectivity index (χ2n) is 13.4. The third kappa shape index (κ3) is 10.9. The maximum atomic E-state index is 11.6. The van der Waals surface area contributed by atoms with Crippen molar-refractivity contribution >= 4 is 5.97 Å². The van der Waals surface area contributed by atoms with E-state index >= 15 is 0 Å². The number of nitrogens with one attached hydrogen (secondary N) is 4. The van der Waals surface area contributed by atoms with E-state index in [1.807, 2.05) is 7.05 Å². The zero-order valence-corrected chi connectivity index (χ0v) is 25.1. The van der Waals surface area contributed by atoms with E-state index in [9.17, 15) is 25.2 Å². The molecule has 3 aliphatic heterocycles. The van der Waals surface area contributed by atoms with Crippen LogP contribution in [0.25, 0.3) is 0 Å². The van der Waals surface area contributed by atoms with Crippen molar-refractivity contribution in [2.24, 2.45) is 17.8 Å². The average molecular weight is 565 g/mol. The molecule has 3 aliphatic rings. The Morgan fingerprint density at radius 2 is 2.02 bits per heavy atom. The number of aliphatic hydroxyl groups excluding tert-OH is 2. The summed E-state index contributed by atoms with van der Waals surface area (Å²) in [6, 6.07) is 0.791. The van der Waals surface area contributed by atoms with Crippen molar-refractivity contribution in [1.82, 2.24) is 21.3 Å². The Kier molecular flexibility index (Phi) is 13.2. The molecule has 0 radical (unpaired) electrons. The average Bonchev–Trinajstić information content (AvgIpc) is 2.90. The smallest absolute Gasteiger partial charge is 0.306 e. The number of carboxylic acids is 1. The van der Waals surface area contributed by atoms with Crippen molar-refractivity contribution in [3.63, 3.8) is 0 Å². The standard InChI is InChI=1S/C31H56N4O5/c1-22-28(37)10-9-26(35-22)8-7-24(19-32-3)15-23-5-4-6-27-17-30(2,13-14-33-27)34-21-31(40,18-29(38)39)12-11-25(16-23)20-36/h22-28,32-37,40H,6-21H2,1-3H3,(H,38,39). The molecule has 2 bridgehead atoms. The van der Waals surface area contributed by atoms with Crippen molar-refractivity contribution in [2.45, 2.75) is 126 Å². The van der Waals surface area contributed by atoms with Crippen LogP contribution in [0, 0.1) is 29.6 Å². The van der Waals surface area contributed by atoms with Crippen LogP contribution in [0.4, 0.5) is 0 Å². The minimum Gasteiger partial charge on any atom is -0.481 e. The Bertz CT molecular complexity index is 849. The highest BCUT2D eigenvalue weighted by Crippen LogP contribution is 2.31. The fourth-order valence-electron chi connectivity index (χ4n) is 7.02. The lowest BCUT2D eigenvalue weighted by Crippen LogP contribution is -2.57. The highest BCUT2D eigenvalue weighted by Gasteiger charge is 2.37. The molecule has 2 saturated heterocycles. The minimum absolute atomic E-state index is 0.000437. The SMILES string of the molecule is CNCC(CCC1CCC(O)C(C)N1)CC1C#CCC2CC(C)(CCN2)NCC(O)(CC(=O)O)CCC(CO)C1. The summed E-state index contributed by atoms with van der Waals surface area (Å²) in [7, 11) is 1.99. The van der Waals surface area contributed by atoms with E-state index in [2.05, 4.69) is 47.0 Å². The lowest BCUT2D eigenvalue weighted by atomic mass is 9.80. The summed E-state index contributed by atoms with van der Waals surface area (Å²) in [5, 5.41) is 55.3. The van der Waals surface area contributed by atoms with Crippen molar-refractivity contribution in [3.05, 3.63) is 0 Å². The van der Waals surface area contributed by atoms with Gasteiger partial charge in [-0.15, -0.1) is 5.92 Å². The fraction of sp³-hybridized carbons (Fsp3) is 0.903. The van der Waals surface area contributed by atoms with Gasteiger partial charge in [-0.25, -0.2) is 0 Å². The molecule has 9 heteroatoms. The zero-order chi connectivity index (χ0) is 29.2. The first-order valence-electron chi connectivity index (χ1n) is 15.6. The topological polar surface area (TPSA) is 146 Å². The van der Waals surface area contributed by atoms with Gasteiger partial charge >= 0.3 is 5.97 Å². The molecule has 9 unspecified atom stereocenters. The van der Waals surface area contributed by atoms with Gasteiger partial charge in [0.1, 0.15) is 0 Å². The maximum Gasteiger partial charge on any atom is 0.306 e. The number of carbonyl (C=O) groups is 1. The van der Waals surface area contributed by atoms with Gasteiger partial charge in [0.15, 0.2) is 0 Å². The Hall–Kier alpha value is -1.25. The maximum absolute atomic E-state index is 11.6. The lowest BCUT2D eigenvalue weighted by molar-refractivity contribution is -0.143. The van der Waals surface area contributed by atoms with Crippen LogP contribution >= 0.6 is 0 Å². The van der Waals surface area contributed by atoms with E-state index in [1.165, 1.54) is 0 Å². The highest BCUT2D eigenvalue weighted by atomic mass is 16.4. The molecule has 9 nitrogen and oxygen atoms in total. The molecule has 0 saturated carbocycles. The quantitative estimate of drug-likeness (QED) is 0.185. The highest BCUT2D eigenvalue weighted by molar-refractivity contribution is 5.68. The van der Waals surface area contributed by atoms with Crippen LogP contribution < -0.4 is 21.3 Å². The summed E-state index contributed by atoms with van der Waals surface area (Å²) in [5.74, 6) is 6.61. The number of hydrogen-bond acceptors (Lipinski definition) is 8. The largest absolute Gasteiger partial charge is 0.481 e. The van der Waals surface area contributed by atoms with Crippen LogP contribution in [0.3, 0.4) is 0 Å². The Labute approximate surface area is 241 Å². The number of carboxylic acid groups (broad SMARTS) is 1. The molecule has 40 heavy (non-hydrogen) atoms. The van der Waals surface area contributed by atoms with E-state index in [0.717, 1.165) is 70.9 Å². The van der Waals surface area contributed by atoms with Crippen molar-refractivity contribution < 1.29 is 25.2 Å². The zero-order valence-electron chi connectivity index (χ0n) is 25.1. The number of hydrogen-bond donors (Lipinski definition) is 8. The molecule has 0 spiro atoms. The molecule has 8 N–H and O–H groups in total. The molecule has 9 atom stereocenters. The van der Waals surface area contributed by atoms with E-state index < -0.39 is 11.6 Å². The van der Waals surface area contributed by atoms with Gasteiger partial charge in [0.25, 0.3) is 0 Å². The number of rotatable bonds is 10. The Balaban J connectivity index is 1.74. The summed E-state index contributed by atoms with van der Waals surface area (Å²) in [4.78, 5) is 11.6. The molecule has 3 rings (SSSR count). The van der Waals surface area contributed by atoms with Crippen LogP contribution in [0.1, 0.15) is 90.9 Å². The third-order valence-corrected chi connectivity index (χ3v) is 9.60. The Morgan fingerprint density at radius 3 is 2.73 bits per heavy atom. The van der Waals surface area contributed by atoms with Gasteiger partial charge in [-0.1, -0.05) is 5.92 Å². The van der Waals surface area contributed by atoms with Crippen LogP contribution in [-0.2, 0) is 4.79 Å². The predicted molar refractivity (Wildman–Crippen MR) is 158 cm³/mol. The molecule has 0 aliphatic carbocycles. The number of piperidine rings is 2. The Morgan fingerprint density at radius 1 is 1.23 bits per heavy atom. The molecule has 0 amide bonds. The van der Waals surface area contributed by atoms with E-state index in [4.69, 9.17) is 0 Å². The molecular weight excluding hydrogens is 508 g/mol. The molecule has 0 aromatic rings. The van der Waals surface area contributed by atoms with Gasteiger partial charge in [-0.05, 0) is 110 Å². The van der Waals surface area contributed by atoms with Crippen molar-refractivity contribution in [3.8, 4) is 11.8 Å². The molecule has 230 valence electrons. The normalized spacial score (nSPS) is 38.5. The first-order valence-corrected chi connectivity index (χ1v) is 15.6. The molecule has 0 aromatic heterocycles. The first kappa shape index (κ1) is 33.3. The van der Waals surface area contributed by atoms with E-state index in [-0.39, 0.29) is 55.1 Å². The van der Waals surface area contributed by atoms with Gasteiger partial charge < -0.3 is 41.7 Å². The summed E-state index contributed by atoms with van der Waals surface area (Å²) in [6.45, 7) is 6.20. The number of aliphatic hydroxyl groups is 3. The van der Waals surface area contributed by atoms with Crippen LogP contribution in [0.5, 0.6) is 0 Å². The lowest BCUT2D eigenvalue weighted by Gasteiger charge is -2.42. The summed E-state index contributed by atoms with van der Waals surface area (Å²) >= 11 is 0. The predicted octanol–water partition coefficient (Wildman–Crippen LogP) is 1.60. The van der Waals surface area contributed by atoms with Gasteiger partial charge in [-0.3, -0.25) is 4.79 Å².